The standard InChI is InChI=1S/C20H23FN4O5.ClH/c1-22-11-5-6-23(8-11)18-15(21)7-13-17(20(18)30-2)24(12-3-4-12)9-14(19(13)27)16(26)10-25(28)29;/h7,9,11-12,22H,3-6,8,10H2,1-2H3;1H/t11-;/m1./s1. The number of pyridine rings is 1. The van der Waals surface area contributed by atoms with E-state index < -0.39 is 28.5 Å². The number of nitrogens with zero attached hydrogens (tertiary/aromatic N) is 3. The van der Waals surface area contributed by atoms with Gasteiger partial charge in [-0.3, -0.25) is 19.7 Å². The van der Waals surface area contributed by atoms with Gasteiger partial charge in [-0.2, -0.15) is 0 Å². The molecule has 1 aromatic carbocycles. The first kappa shape index (κ1) is 23.0. The molecule has 1 saturated heterocycles. The lowest BCUT2D eigenvalue weighted by molar-refractivity contribution is -0.465. The molecule has 2 fully saturated rings. The molecular weight excluding hydrogens is 431 g/mol. The maximum absolute atomic E-state index is 15.2. The second kappa shape index (κ2) is 8.80. The monoisotopic (exact) mass is 454 g/mol. The van der Waals surface area contributed by atoms with Gasteiger partial charge < -0.3 is 19.5 Å². The van der Waals surface area contributed by atoms with Gasteiger partial charge in [0.2, 0.25) is 11.2 Å². The average molecular weight is 455 g/mol. The van der Waals surface area contributed by atoms with E-state index >= 15 is 4.39 Å². The summed E-state index contributed by atoms with van der Waals surface area (Å²) >= 11 is 0. The number of Topliss-reactive ketones (excluding diaryl/α,β-unsaturated/α-hetero) is 1. The molecule has 1 aliphatic carbocycles. The number of halogens is 2. The number of carbonyl (C=O) groups excluding carboxylic acids is 1. The first-order valence-corrected chi connectivity index (χ1v) is 9.88. The number of fused-ring (bicyclic) bond motifs is 1. The van der Waals surface area contributed by atoms with E-state index in [9.17, 15) is 19.7 Å². The van der Waals surface area contributed by atoms with Gasteiger partial charge in [-0.15, -0.1) is 12.4 Å². The number of hydrogen-bond donors (Lipinski definition) is 1. The van der Waals surface area contributed by atoms with Crippen molar-refractivity contribution in [2.75, 3.05) is 38.7 Å². The second-order valence-electron chi connectivity index (χ2n) is 7.78. The Hall–Kier alpha value is -2.72. The number of anilines is 1. The molecule has 0 spiro atoms. The van der Waals surface area contributed by atoms with Crippen molar-refractivity contribution in [2.24, 2.45) is 0 Å². The van der Waals surface area contributed by atoms with Crippen LogP contribution in [0.5, 0.6) is 5.75 Å². The third-order valence-electron chi connectivity index (χ3n) is 5.83. The zero-order valence-corrected chi connectivity index (χ0v) is 18.0. The zero-order chi connectivity index (χ0) is 21.6. The average Bonchev–Trinajstić information content (AvgIpc) is 3.44. The van der Waals surface area contributed by atoms with E-state index in [1.165, 1.54) is 13.3 Å². The number of rotatable bonds is 7. The fourth-order valence-electron chi connectivity index (χ4n) is 4.17. The maximum Gasteiger partial charge on any atom is 0.266 e. The Morgan fingerprint density at radius 3 is 2.65 bits per heavy atom. The summed E-state index contributed by atoms with van der Waals surface area (Å²) < 4.78 is 22.6. The smallest absolute Gasteiger partial charge is 0.266 e. The minimum Gasteiger partial charge on any atom is -0.492 e. The molecule has 1 N–H and O–H groups in total. The summed E-state index contributed by atoms with van der Waals surface area (Å²) in [5, 5.41) is 14.0. The molecule has 0 radical (unpaired) electrons. The largest absolute Gasteiger partial charge is 0.492 e. The van der Waals surface area contributed by atoms with Crippen LogP contribution in [0.15, 0.2) is 17.1 Å². The van der Waals surface area contributed by atoms with Crippen molar-refractivity contribution in [1.82, 2.24) is 9.88 Å². The van der Waals surface area contributed by atoms with E-state index in [0.29, 0.717) is 24.3 Å². The van der Waals surface area contributed by atoms with Gasteiger partial charge in [0.15, 0.2) is 11.6 Å². The lowest BCUT2D eigenvalue weighted by Crippen LogP contribution is -2.30. The Balaban J connectivity index is 0.00000272. The number of likely N-dealkylation sites (N-methyl/N-ethyl adjacent to an activating group) is 1. The van der Waals surface area contributed by atoms with Crippen molar-refractivity contribution in [1.29, 1.82) is 0 Å². The van der Waals surface area contributed by atoms with Crippen LogP contribution in [0.25, 0.3) is 10.9 Å². The number of carbonyl (C=O) groups is 1. The van der Waals surface area contributed by atoms with Crippen molar-refractivity contribution in [3.05, 3.63) is 44.0 Å². The number of ketones is 1. The minimum absolute atomic E-state index is 0. The van der Waals surface area contributed by atoms with Crippen LogP contribution in [0.2, 0.25) is 0 Å². The molecule has 0 unspecified atom stereocenters. The molecule has 168 valence electrons. The Bertz CT molecular complexity index is 1100. The van der Waals surface area contributed by atoms with Gasteiger partial charge >= 0.3 is 0 Å². The van der Waals surface area contributed by atoms with Gasteiger partial charge in [-0.25, -0.2) is 4.39 Å². The summed E-state index contributed by atoms with van der Waals surface area (Å²) in [6.07, 6.45) is 3.89. The molecule has 4 rings (SSSR count). The molecule has 11 heteroatoms. The number of ether oxygens (including phenoxy) is 1. The summed E-state index contributed by atoms with van der Waals surface area (Å²) in [4.78, 5) is 37.2. The molecule has 1 atom stereocenters. The summed E-state index contributed by atoms with van der Waals surface area (Å²) in [6, 6.07) is 1.38. The molecule has 1 aromatic heterocycles. The fourth-order valence-corrected chi connectivity index (χ4v) is 4.17. The zero-order valence-electron chi connectivity index (χ0n) is 17.2. The van der Waals surface area contributed by atoms with Crippen LogP contribution in [0.1, 0.15) is 35.7 Å². The molecule has 31 heavy (non-hydrogen) atoms. The normalized spacial score (nSPS) is 18.2. The first-order valence-electron chi connectivity index (χ1n) is 9.88. The number of nitro groups is 1. The van der Waals surface area contributed by atoms with Crippen LogP contribution in [0.4, 0.5) is 10.1 Å². The third-order valence-corrected chi connectivity index (χ3v) is 5.83. The van der Waals surface area contributed by atoms with Crippen molar-refractivity contribution >= 4 is 34.8 Å². The van der Waals surface area contributed by atoms with Crippen LogP contribution >= 0.6 is 12.4 Å². The minimum atomic E-state index is -0.984. The lowest BCUT2D eigenvalue weighted by atomic mass is 10.1. The lowest BCUT2D eigenvalue weighted by Gasteiger charge is -2.24. The molecule has 2 heterocycles. The second-order valence-corrected chi connectivity index (χ2v) is 7.78. The van der Waals surface area contributed by atoms with Crippen LogP contribution in [0, 0.1) is 15.9 Å². The number of nitrogens with one attached hydrogen (secondary N) is 1. The highest BCUT2D eigenvalue weighted by Crippen LogP contribution is 2.44. The van der Waals surface area contributed by atoms with E-state index in [1.54, 1.807) is 4.57 Å². The van der Waals surface area contributed by atoms with E-state index in [-0.39, 0.29) is 41.2 Å². The first-order chi connectivity index (χ1) is 14.3. The Labute approximate surface area is 183 Å². The quantitative estimate of drug-likeness (QED) is 0.388. The number of methoxy groups -OCH3 is 1. The Kier molecular flexibility index (Phi) is 6.51. The molecule has 1 aliphatic heterocycles. The third kappa shape index (κ3) is 4.09. The van der Waals surface area contributed by atoms with Gasteiger partial charge in [0.1, 0.15) is 5.69 Å². The van der Waals surface area contributed by atoms with Gasteiger partial charge in [0.05, 0.1) is 23.6 Å². The highest BCUT2D eigenvalue weighted by molar-refractivity contribution is 6.01. The predicted octanol–water partition coefficient (Wildman–Crippen LogP) is 2.16. The van der Waals surface area contributed by atoms with Gasteiger partial charge in [0, 0.05) is 36.3 Å². The number of benzene rings is 1. The summed E-state index contributed by atoms with van der Waals surface area (Å²) in [5.74, 6) is -1.25. The summed E-state index contributed by atoms with van der Waals surface area (Å²) in [6.45, 7) is 0.252. The van der Waals surface area contributed by atoms with E-state index in [2.05, 4.69) is 5.32 Å². The van der Waals surface area contributed by atoms with Crippen LogP contribution < -0.4 is 20.4 Å². The van der Waals surface area contributed by atoms with Crippen LogP contribution in [-0.2, 0) is 0 Å². The molecule has 1 saturated carbocycles. The fraction of sp³-hybridized carbons (Fsp3) is 0.500. The van der Waals surface area contributed by atoms with Crippen molar-refractivity contribution in [2.45, 2.75) is 31.3 Å². The molecule has 0 amide bonds. The van der Waals surface area contributed by atoms with E-state index in [0.717, 1.165) is 25.3 Å². The summed E-state index contributed by atoms with van der Waals surface area (Å²) in [5.41, 5.74) is -0.295. The Morgan fingerprint density at radius 2 is 2.10 bits per heavy atom. The molecule has 2 aliphatic rings. The van der Waals surface area contributed by atoms with Crippen molar-refractivity contribution in [3.63, 3.8) is 0 Å². The van der Waals surface area contributed by atoms with Crippen molar-refractivity contribution < 1.29 is 18.8 Å². The highest BCUT2D eigenvalue weighted by Gasteiger charge is 2.33. The molecule has 2 aromatic rings. The number of hydrogen-bond acceptors (Lipinski definition) is 7. The van der Waals surface area contributed by atoms with E-state index in [1.807, 2.05) is 11.9 Å². The van der Waals surface area contributed by atoms with Crippen LogP contribution in [-0.4, -0.2) is 55.1 Å². The molecule has 9 nitrogen and oxygen atoms in total. The SMILES string of the molecule is CN[C@@H]1CCN(c2c(F)cc3c(=O)c(C(=O)C[N+](=O)[O-])cn(C4CC4)c3c2OC)C1.Cl. The highest BCUT2D eigenvalue weighted by atomic mass is 35.5. The predicted molar refractivity (Wildman–Crippen MR) is 116 cm³/mol. The van der Waals surface area contributed by atoms with E-state index in [4.69, 9.17) is 4.74 Å². The molecule has 0 bridgehead atoms. The van der Waals surface area contributed by atoms with Gasteiger partial charge in [-0.1, -0.05) is 0 Å². The summed E-state index contributed by atoms with van der Waals surface area (Å²) in [7, 11) is 3.28. The van der Waals surface area contributed by atoms with Gasteiger partial charge in [-0.05, 0) is 32.4 Å². The molecular formula is C20H24ClFN4O5. The maximum atomic E-state index is 15.2. The Morgan fingerprint density at radius 1 is 1.39 bits per heavy atom. The van der Waals surface area contributed by atoms with Crippen LogP contribution in [0.3, 0.4) is 0 Å². The topological polar surface area (TPSA) is 107 Å². The van der Waals surface area contributed by atoms with Crippen molar-refractivity contribution in [3.8, 4) is 5.75 Å². The number of aromatic nitrogens is 1. The van der Waals surface area contributed by atoms with Gasteiger partial charge in [0.25, 0.3) is 6.54 Å².